The molecule has 0 aromatic heterocycles. The Kier molecular flexibility index (Phi) is 6.12. The van der Waals surface area contributed by atoms with Gasteiger partial charge < -0.3 is 15.0 Å². The van der Waals surface area contributed by atoms with E-state index >= 15 is 0 Å². The van der Waals surface area contributed by atoms with Crippen LogP contribution < -0.4 is 10.1 Å². The Morgan fingerprint density at radius 1 is 1.07 bits per heavy atom. The maximum absolute atomic E-state index is 12.9. The third-order valence-electron chi connectivity index (χ3n) is 5.05. The first-order valence-electron chi connectivity index (χ1n) is 9.35. The topological polar surface area (TPSA) is 58.6 Å². The summed E-state index contributed by atoms with van der Waals surface area (Å²) >= 11 is 0. The van der Waals surface area contributed by atoms with Crippen molar-refractivity contribution in [3.05, 3.63) is 54.1 Å². The summed E-state index contributed by atoms with van der Waals surface area (Å²) in [6.07, 6.45) is 1.84. The van der Waals surface area contributed by atoms with E-state index in [0.717, 1.165) is 42.8 Å². The Labute approximate surface area is 160 Å². The lowest BCUT2D eigenvalue weighted by atomic mass is 9.96. The van der Waals surface area contributed by atoms with Gasteiger partial charge in [-0.05, 0) is 54.2 Å². The predicted octanol–water partition coefficient (Wildman–Crippen LogP) is 3.35. The van der Waals surface area contributed by atoms with Crippen molar-refractivity contribution >= 4 is 11.8 Å². The van der Waals surface area contributed by atoms with E-state index in [4.69, 9.17) is 4.74 Å². The highest BCUT2D eigenvalue weighted by Gasteiger charge is 2.23. The van der Waals surface area contributed by atoms with E-state index in [1.54, 1.807) is 7.11 Å². The molecule has 3 rings (SSSR count). The number of rotatable bonds is 5. The summed E-state index contributed by atoms with van der Waals surface area (Å²) in [5.74, 6) is 1.31. The van der Waals surface area contributed by atoms with E-state index in [2.05, 4.69) is 5.32 Å². The zero-order chi connectivity index (χ0) is 19.2. The number of likely N-dealkylation sites (tertiary alicyclic amines) is 1. The molecule has 0 atom stereocenters. The molecule has 0 radical (unpaired) electrons. The van der Waals surface area contributed by atoms with E-state index in [0.29, 0.717) is 18.0 Å². The minimum atomic E-state index is 0.00265. The highest BCUT2D eigenvalue weighted by molar-refractivity contribution is 5.95. The second kappa shape index (κ2) is 8.71. The average Bonchev–Trinajstić information content (AvgIpc) is 2.72. The number of piperidine rings is 1. The van der Waals surface area contributed by atoms with Crippen molar-refractivity contribution in [1.29, 1.82) is 0 Å². The van der Waals surface area contributed by atoms with Gasteiger partial charge in [-0.3, -0.25) is 9.59 Å². The van der Waals surface area contributed by atoms with Crippen LogP contribution in [-0.4, -0.2) is 43.5 Å². The molecule has 1 heterocycles. The number of carbonyl (C=O) groups excluding carboxylic acids is 2. The lowest BCUT2D eigenvalue weighted by molar-refractivity contribution is -0.119. The summed E-state index contributed by atoms with van der Waals surface area (Å²) in [5, 5.41) is 2.87. The number of hydrogen-bond donors (Lipinski definition) is 1. The molecular formula is C22H26N2O3. The third-order valence-corrected chi connectivity index (χ3v) is 5.05. The number of nitrogens with zero attached hydrogens (tertiary/aromatic N) is 1. The zero-order valence-electron chi connectivity index (χ0n) is 15.9. The third kappa shape index (κ3) is 4.88. The Morgan fingerprint density at radius 2 is 1.74 bits per heavy atom. The first-order valence-corrected chi connectivity index (χ1v) is 9.35. The van der Waals surface area contributed by atoms with Crippen molar-refractivity contribution in [1.82, 2.24) is 10.2 Å². The maximum Gasteiger partial charge on any atom is 0.253 e. The quantitative estimate of drug-likeness (QED) is 0.883. The standard InChI is InChI=1S/C22H26N2O3/c1-16(25)23-15-17-9-11-24(12-10-17)22(26)20-7-3-5-18(13-20)19-6-4-8-21(14-19)27-2/h3-8,13-14,17H,9-12,15H2,1-2H3,(H,23,25). The van der Waals surface area contributed by atoms with Crippen LogP contribution in [0.5, 0.6) is 5.75 Å². The zero-order valence-corrected chi connectivity index (χ0v) is 15.9. The van der Waals surface area contributed by atoms with Gasteiger partial charge in [0.05, 0.1) is 7.11 Å². The van der Waals surface area contributed by atoms with E-state index in [-0.39, 0.29) is 11.8 Å². The molecule has 5 nitrogen and oxygen atoms in total. The minimum Gasteiger partial charge on any atom is -0.497 e. The van der Waals surface area contributed by atoms with Gasteiger partial charge in [0.25, 0.3) is 5.91 Å². The monoisotopic (exact) mass is 366 g/mol. The number of ether oxygens (including phenoxy) is 1. The molecule has 1 fully saturated rings. The molecule has 0 bridgehead atoms. The maximum atomic E-state index is 12.9. The fourth-order valence-electron chi connectivity index (χ4n) is 3.45. The van der Waals surface area contributed by atoms with Gasteiger partial charge in [0.1, 0.15) is 5.75 Å². The van der Waals surface area contributed by atoms with Gasteiger partial charge in [0, 0.05) is 32.1 Å². The summed E-state index contributed by atoms with van der Waals surface area (Å²) in [6.45, 7) is 3.69. The lowest BCUT2D eigenvalue weighted by Crippen LogP contribution is -2.41. The molecule has 1 N–H and O–H groups in total. The molecule has 27 heavy (non-hydrogen) atoms. The van der Waals surface area contributed by atoms with Crippen LogP contribution in [0.2, 0.25) is 0 Å². The fraction of sp³-hybridized carbons (Fsp3) is 0.364. The second-order valence-electron chi connectivity index (χ2n) is 6.99. The molecule has 2 amide bonds. The largest absolute Gasteiger partial charge is 0.497 e. The molecule has 5 heteroatoms. The number of hydrogen-bond acceptors (Lipinski definition) is 3. The minimum absolute atomic E-state index is 0.00265. The van der Waals surface area contributed by atoms with Crippen LogP contribution in [-0.2, 0) is 4.79 Å². The summed E-state index contributed by atoms with van der Waals surface area (Å²) in [4.78, 5) is 25.9. The Balaban J connectivity index is 1.66. The van der Waals surface area contributed by atoms with Crippen molar-refractivity contribution in [2.45, 2.75) is 19.8 Å². The number of benzene rings is 2. The van der Waals surface area contributed by atoms with Gasteiger partial charge in [-0.2, -0.15) is 0 Å². The van der Waals surface area contributed by atoms with Gasteiger partial charge in [0.2, 0.25) is 5.91 Å². The summed E-state index contributed by atoms with van der Waals surface area (Å²) in [5.41, 5.74) is 2.73. The second-order valence-corrected chi connectivity index (χ2v) is 6.99. The lowest BCUT2D eigenvalue weighted by Gasteiger charge is -2.32. The van der Waals surface area contributed by atoms with E-state index in [9.17, 15) is 9.59 Å². The first-order chi connectivity index (χ1) is 13.1. The van der Waals surface area contributed by atoms with Crippen molar-refractivity contribution in [2.75, 3.05) is 26.7 Å². The number of amides is 2. The van der Waals surface area contributed by atoms with Crippen molar-refractivity contribution in [3.8, 4) is 16.9 Å². The SMILES string of the molecule is COc1cccc(-c2cccc(C(=O)N3CCC(CNC(C)=O)CC3)c2)c1. The van der Waals surface area contributed by atoms with Crippen LogP contribution in [0.4, 0.5) is 0 Å². The Bertz CT molecular complexity index is 811. The molecular weight excluding hydrogens is 340 g/mol. The summed E-state index contributed by atoms with van der Waals surface area (Å²) in [7, 11) is 1.65. The van der Waals surface area contributed by atoms with Crippen molar-refractivity contribution in [3.63, 3.8) is 0 Å². The molecule has 0 aliphatic carbocycles. The molecule has 1 aliphatic rings. The summed E-state index contributed by atoms with van der Waals surface area (Å²) in [6, 6.07) is 15.6. The van der Waals surface area contributed by atoms with Gasteiger partial charge in [0.15, 0.2) is 0 Å². The highest BCUT2D eigenvalue weighted by Crippen LogP contribution is 2.26. The van der Waals surface area contributed by atoms with Crippen LogP contribution in [0.15, 0.2) is 48.5 Å². The van der Waals surface area contributed by atoms with Gasteiger partial charge in [-0.25, -0.2) is 0 Å². The van der Waals surface area contributed by atoms with E-state index < -0.39 is 0 Å². The van der Waals surface area contributed by atoms with Gasteiger partial charge in [-0.15, -0.1) is 0 Å². The predicted molar refractivity (Wildman–Crippen MR) is 106 cm³/mol. The van der Waals surface area contributed by atoms with E-state index in [1.807, 2.05) is 53.4 Å². The van der Waals surface area contributed by atoms with Crippen molar-refractivity contribution in [2.24, 2.45) is 5.92 Å². The Morgan fingerprint density at radius 3 is 2.41 bits per heavy atom. The molecule has 1 saturated heterocycles. The first kappa shape index (κ1) is 19.0. The molecule has 2 aromatic rings. The molecule has 1 aliphatic heterocycles. The molecule has 142 valence electrons. The van der Waals surface area contributed by atoms with Crippen molar-refractivity contribution < 1.29 is 14.3 Å². The normalized spacial score (nSPS) is 14.7. The number of nitrogens with one attached hydrogen (secondary N) is 1. The highest BCUT2D eigenvalue weighted by atomic mass is 16.5. The van der Waals surface area contributed by atoms with Crippen LogP contribution in [0.25, 0.3) is 11.1 Å². The van der Waals surface area contributed by atoms with Crippen LogP contribution >= 0.6 is 0 Å². The number of methoxy groups -OCH3 is 1. The van der Waals surface area contributed by atoms with Crippen LogP contribution in [0.3, 0.4) is 0 Å². The fourth-order valence-corrected chi connectivity index (χ4v) is 3.45. The summed E-state index contributed by atoms with van der Waals surface area (Å²) < 4.78 is 5.29. The Hall–Kier alpha value is -2.82. The average molecular weight is 366 g/mol. The molecule has 0 saturated carbocycles. The molecule has 0 spiro atoms. The molecule has 2 aromatic carbocycles. The number of carbonyl (C=O) groups is 2. The van der Waals surface area contributed by atoms with E-state index in [1.165, 1.54) is 6.92 Å². The molecule has 0 unspecified atom stereocenters. The van der Waals surface area contributed by atoms with Crippen LogP contribution in [0, 0.1) is 5.92 Å². The van der Waals surface area contributed by atoms with Crippen LogP contribution in [0.1, 0.15) is 30.1 Å². The smallest absolute Gasteiger partial charge is 0.253 e. The van der Waals surface area contributed by atoms with Gasteiger partial charge in [-0.1, -0.05) is 24.3 Å². The van der Waals surface area contributed by atoms with Gasteiger partial charge >= 0.3 is 0 Å².